The van der Waals surface area contributed by atoms with Crippen LogP contribution in [-0.2, 0) is 4.74 Å². The Morgan fingerprint density at radius 3 is 2.56 bits per heavy atom. The van der Waals surface area contributed by atoms with E-state index in [0.29, 0.717) is 6.33 Å². The minimum absolute atomic E-state index is 0.289. The second-order valence-corrected chi connectivity index (χ2v) is 2.30. The molecule has 9 heavy (non-hydrogen) atoms. The van der Waals surface area contributed by atoms with E-state index in [1.807, 2.05) is 0 Å². The van der Waals surface area contributed by atoms with E-state index >= 15 is 0 Å². The van der Waals surface area contributed by atoms with Gasteiger partial charge in [-0.05, 0) is 25.7 Å². The summed E-state index contributed by atoms with van der Waals surface area (Å²) in [5.74, 6) is 0. The molecule has 0 unspecified atom stereocenters. The maximum absolute atomic E-state index is 11.3. The van der Waals surface area contributed by atoms with Gasteiger partial charge in [-0.25, -0.2) is 4.39 Å². The molecule has 0 saturated heterocycles. The van der Waals surface area contributed by atoms with Gasteiger partial charge in [-0.15, -0.1) is 0 Å². The first kappa shape index (κ1) is 6.59. The van der Waals surface area contributed by atoms with E-state index in [0.717, 1.165) is 19.1 Å². The van der Waals surface area contributed by atoms with Crippen LogP contribution in [0.5, 0.6) is 0 Å². The van der Waals surface area contributed by atoms with Crippen LogP contribution in [0.4, 0.5) is 4.39 Å². The van der Waals surface area contributed by atoms with Gasteiger partial charge in [-0.3, -0.25) is 0 Å². The molecule has 0 heterocycles. The average molecular weight is 130 g/mol. The topological polar surface area (TPSA) is 9.23 Å². The molecule has 1 rings (SSSR count). The van der Waals surface area contributed by atoms with Gasteiger partial charge in [0.1, 0.15) is 12.6 Å². The van der Waals surface area contributed by atoms with E-state index in [4.69, 9.17) is 4.74 Å². The lowest BCUT2D eigenvalue weighted by molar-refractivity contribution is 0.148. The molecule has 1 saturated carbocycles. The zero-order valence-electron chi connectivity index (χ0n) is 5.35. The van der Waals surface area contributed by atoms with Crippen molar-refractivity contribution in [1.82, 2.24) is 0 Å². The molecule has 0 aromatic carbocycles. The predicted molar refractivity (Wildman–Crippen MR) is 33.6 cm³/mol. The Morgan fingerprint density at radius 1 is 1.33 bits per heavy atom. The summed E-state index contributed by atoms with van der Waals surface area (Å²) in [5.41, 5.74) is 0. The molecular formula is C7H11FO. The van der Waals surface area contributed by atoms with Gasteiger partial charge in [0.25, 0.3) is 0 Å². The van der Waals surface area contributed by atoms with Gasteiger partial charge < -0.3 is 4.74 Å². The molecule has 0 N–H and O–H groups in total. The summed E-state index contributed by atoms with van der Waals surface area (Å²) in [6, 6.07) is 0. The highest BCUT2D eigenvalue weighted by Gasteiger charge is 2.13. The van der Waals surface area contributed by atoms with Crippen LogP contribution in [-0.4, -0.2) is 6.10 Å². The minimum Gasteiger partial charge on any atom is -0.496 e. The van der Waals surface area contributed by atoms with Crippen LogP contribution in [0.3, 0.4) is 0 Å². The zero-order valence-corrected chi connectivity index (χ0v) is 5.35. The normalized spacial score (nSPS) is 21.4. The average Bonchev–Trinajstić information content (AvgIpc) is 2.34. The Labute approximate surface area is 54.5 Å². The summed E-state index contributed by atoms with van der Waals surface area (Å²) in [5, 5.41) is 0. The Bertz CT molecular complexity index is 95.1. The van der Waals surface area contributed by atoms with E-state index in [2.05, 4.69) is 0 Å². The molecule has 0 radical (unpaired) electrons. The fraction of sp³-hybridized carbons (Fsp3) is 0.714. The molecule has 0 spiro atoms. The lowest BCUT2D eigenvalue weighted by Gasteiger charge is -2.05. The Morgan fingerprint density at radius 2 is 2.00 bits per heavy atom. The SMILES string of the molecule is F/C=C\OC1CCCC1. The molecule has 52 valence electrons. The number of ether oxygens (including phenoxy) is 1. The van der Waals surface area contributed by atoms with Crippen LogP contribution in [0.2, 0.25) is 0 Å². The molecule has 0 aromatic rings. The first-order valence-corrected chi connectivity index (χ1v) is 3.34. The highest BCUT2D eigenvalue weighted by atomic mass is 19.1. The monoisotopic (exact) mass is 130 g/mol. The van der Waals surface area contributed by atoms with Gasteiger partial charge in [0.2, 0.25) is 0 Å². The van der Waals surface area contributed by atoms with Crippen LogP contribution in [0.25, 0.3) is 0 Å². The predicted octanol–water partition coefficient (Wildman–Crippen LogP) is 2.39. The molecule has 0 amide bonds. The lowest BCUT2D eigenvalue weighted by Crippen LogP contribution is -2.01. The van der Waals surface area contributed by atoms with Gasteiger partial charge in [-0.1, -0.05) is 0 Å². The molecule has 0 aromatic heterocycles. The summed E-state index contributed by atoms with van der Waals surface area (Å²) in [4.78, 5) is 0. The van der Waals surface area contributed by atoms with Crippen molar-refractivity contribution in [2.24, 2.45) is 0 Å². The smallest absolute Gasteiger partial charge is 0.121 e. The van der Waals surface area contributed by atoms with Crippen molar-refractivity contribution in [3.63, 3.8) is 0 Å². The maximum atomic E-state index is 11.3. The van der Waals surface area contributed by atoms with Crippen LogP contribution in [0, 0.1) is 0 Å². The van der Waals surface area contributed by atoms with Crippen molar-refractivity contribution in [3.8, 4) is 0 Å². The highest BCUT2D eigenvalue weighted by Crippen LogP contribution is 2.20. The third kappa shape index (κ3) is 2.04. The fourth-order valence-corrected chi connectivity index (χ4v) is 1.17. The van der Waals surface area contributed by atoms with Crippen molar-refractivity contribution < 1.29 is 9.13 Å². The summed E-state index contributed by atoms with van der Waals surface area (Å²) >= 11 is 0. The molecule has 1 fully saturated rings. The number of hydrogen-bond donors (Lipinski definition) is 0. The third-order valence-electron chi connectivity index (χ3n) is 1.62. The lowest BCUT2D eigenvalue weighted by atomic mass is 10.3. The van der Waals surface area contributed by atoms with Gasteiger partial charge >= 0.3 is 0 Å². The molecule has 1 nitrogen and oxygen atoms in total. The Hall–Kier alpha value is -0.530. The molecule has 0 bridgehead atoms. The van der Waals surface area contributed by atoms with Gasteiger partial charge in [-0.2, -0.15) is 0 Å². The van der Waals surface area contributed by atoms with Gasteiger partial charge in [0.15, 0.2) is 0 Å². The summed E-state index contributed by atoms with van der Waals surface area (Å²) in [6.07, 6.45) is 6.50. The fourth-order valence-electron chi connectivity index (χ4n) is 1.17. The molecule has 0 aliphatic heterocycles. The van der Waals surface area contributed by atoms with Gasteiger partial charge in [0, 0.05) is 0 Å². The number of halogens is 1. The molecule has 0 atom stereocenters. The van der Waals surface area contributed by atoms with Crippen molar-refractivity contribution in [2.75, 3.05) is 0 Å². The van der Waals surface area contributed by atoms with E-state index in [9.17, 15) is 4.39 Å². The first-order chi connectivity index (χ1) is 4.43. The second kappa shape index (κ2) is 3.49. The standard InChI is InChI=1S/C7H11FO/c8-5-6-9-7-3-1-2-4-7/h5-7H,1-4H2/b6-5-. The minimum atomic E-state index is 0.289. The van der Waals surface area contributed by atoms with E-state index in [-0.39, 0.29) is 6.10 Å². The quantitative estimate of drug-likeness (QED) is 0.521. The number of hydrogen-bond acceptors (Lipinski definition) is 1. The summed E-state index contributed by atoms with van der Waals surface area (Å²) in [6.45, 7) is 0. The highest BCUT2D eigenvalue weighted by molar-refractivity contribution is 4.70. The molecule has 1 aliphatic rings. The second-order valence-electron chi connectivity index (χ2n) is 2.30. The number of rotatable bonds is 2. The largest absolute Gasteiger partial charge is 0.496 e. The summed E-state index contributed by atoms with van der Waals surface area (Å²) < 4.78 is 16.3. The molecular weight excluding hydrogens is 119 g/mol. The van der Waals surface area contributed by atoms with Crippen LogP contribution in [0.1, 0.15) is 25.7 Å². The van der Waals surface area contributed by atoms with Crippen LogP contribution in [0.15, 0.2) is 12.6 Å². The van der Waals surface area contributed by atoms with Crippen LogP contribution < -0.4 is 0 Å². The zero-order chi connectivity index (χ0) is 6.53. The van der Waals surface area contributed by atoms with Crippen molar-refractivity contribution >= 4 is 0 Å². The van der Waals surface area contributed by atoms with E-state index < -0.39 is 0 Å². The maximum Gasteiger partial charge on any atom is 0.121 e. The first-order valence-electron chi connectivity index (χ1n) is 3.34. The third-order valence-corrected chi connectivity index (χ3v) is 1.62. The Kier molecular flexibility index (Phi) is 2.55. The van der Waals surface area contributed by atoms with Crippen molar-refractivity contribution in [1.29, 1.82) is 0 Å². The Balaban J connectivity index is 2.11. The van der Waals surface area contributed by atoms with Gasteiger partial charge in [0.05, 0.1) is 6.10 Å². The summed E-state index contributed by atoms with van der Waals surface area (Å²) in [7, 11) is 0. The van der Waals surface area contributed by atoms with E-state index in [1.54, 1.807) is 0 Å². The van der Waals surface area contributed by atoms with Crippen molar-refractivity contribution in [2.45, 2.75) is 31.8 Å². The molecule has 1 aliphatic carbocycles. The molecule has 2 heteroatoms. The van der Waals surface area contributed by atoms with Crippen LogP contribution >= 0.6 is 0 Å². The van der Waals surface area contributed by atoms with Crippen molar-refractivity contribution in [3.05, 3.63) is 12.6 Å². The van der Waals surface area contributed by atoms with E-state index in [1.165, 1.54) is 12.8 Å².